The predicted molar refractivity (Wildman–Crippen MR) is 66.4 cm³/mol. The van der Waals surface area contributed by atoms with Gasteiger partial charge in [0.05, 0.1) is 0 Å². The Kier molecular flexibility index (Phi) is 5.91. The number of hydrogen-bond acceptors (Lipinski definition) is 1. The highest BCUT2D eigenvalue weighted by Gasteiger charge is 2.03. The molecule has 0 amide bonds. The molecular formula is C14H22O2. The van der Waals surface area contributed by atoms with Gasteiger partial charge in [-0.15, -0.1) is 0 Å². The Labute approximate surface area is 98.1 Å². The Morgan fingerprint density at radius 2 is 1.88 bits per heavy atom. The van der Waals surface area contributed by atoms with Gasteiger partial charge in [0, 0.05) is 6.08 Å². The van der Waals surface area contributed by atoms with Crippen molar-refractivity contribution in [2.45, 2.75) is 58.3 Å². The Balaban J connectivity index is 2.32. The van der Waals surface area contributed by atoms with Gasteiger partial charge in [0.15, 0.2) is 0 Å². The first-order chi connectivity index (χ1) is 7.68. The number of carbonyl (C=O) groups is 1. The maximum Gasteiger partial charge on any atom is 0.328 e. The minimum atomic E-state index is -0.834. The molecule has 2 nitrogen and oxygen atoms in total. The largest absolute Gasteiger partial charge is 0.478 e. The van der Waals surface area contributed by atoms with Gasteiger partial charge in [0.2, 0.25) is 0 Å². The molecule has 0 bridgehead atoms. The fourth-order valence-corrected chi connectivity index (χ4v) is 2.17. The van der Waals surface area contributed by atoms with Crippen molar-refractivity contribution < 1.29 is 9.90 Å². The van der Waals surface area contributed by atoms with Gasteiger partial charge in [-0.3, -0.25) is 0 Å². The van der Waals surface area contributed by atoms with Crippen molar-refractivity contribution in [2.24, 2.45) is 0 Å². The molecular weight excluding hydrogens is 200 g/mol. The highest BCUT2D eigenvalue weighted by atomic mass is 16.4. The highest BCUT2D eigenvalue weighted by Crippen LogP contribution is 2.22. The van der Waals surface area contributed by atoms with E-state index in [-0.39, 0.29) is 0 Å². The molecule has 0 aliphatic heterocycles. The molecule has 0 aromatic rings. The van der Waals surface area contributed by atoms with E-state index < -0.39 is 5.97 Å². The predicted octanol–water partition coefficient (Wildman–Crippen LogP) is 4.08. The van der Waals surface area contributed by atoms with Crippen LogP contribution in [-0.4, -0.2) is 11.1 Å². The average Bonchev–Trinajstić information content (AvgIpc) is 2.45. The van der Waals surface area contributed by atoms with Gasteiger partial charge in [-0.2, -0.15) is 0 Å². The monoisotopic (exact) mass is 222 g/mol. The third-order valence-electron chi connectivity index (χ3n) is 3.09. The van der Waals surface area contributed by atoms with E-state index in [4.69, 9.17) is 5.11 Å². The van der Waals surface area contributed by atoms with Gasteiger partial charge in [0.1, 0.15) is 0 Å². The number of carboxylic acid groups (broad SMARTS) is 1. The average molecular weight is 222 g/mol. The van der Waals surface area contributed by atoms with Crippen LogP contribution in [0.4, 0.5) is 0 Å². The smallest absolute Gasteiger partial charge is 0.328 e. The van der Waals surface area contributed by atoms with Gasteiger partial charge < -0.3 is 5.11 Å². The summed E-state index contributed by atoms with van der Waals surface area (Å²) >= 11 is 0. The fraction of sp³-hybridized carbons (Fsp3) is 0.643. The van der Waals surface area contributed by atoms with Crippen molar-refractivity contribution in [3.05, 3.63) is 23.3 Å². The molecule has 1 saturated carbocycles. The lowest BCUT2D eigenvalue weighted by Crippen LogP contribution is -1.90. The molecule has 90 valence electrons. The van der Waals surface area contributed by atoms with Crippen molar-refractivity contribution in [3.8, 4) is 0 Å². The van der Waals surface area contributed by atoms with Gasteiger partial charge >= 0.3 is 5.97 Å². The van der Waals surface area contributed by atoms with E-state index in [0.29, 0.717) is 0 Å². The molecule has 0 radical (unpaired) electrons. The minimum Gasteiger partial charge on any atom is -0.478 e. The van der Waals surface area contributed by atoms with Crippen molar-refractivity contribution >= 4 is 5.97 Å². The van der Waals surface area contributed by atoms with Crippen molar-refractivity contribution in [1.82, 2.24) is 0 Å². The number of carboxylic acids is 1. The molecule has 0 aromatic heterocycles. The zero-order valence-corrected chi connectivity index (χ0v) is 10.2. The molecule has 1 rings (SSSR count). The summed E-state index contributed by atoms with van der Waals surface area (Å²) in [6.45, 7) is 1.89. The summed E-state index contributed by atoms with van der Waals surface area (Å²) in [6, 6.07) is 0. The number of aliphatic carboxylic acids is 1. The van der Waals surface area contributed by atoms with Crippen LogP contribution in [-0.2, 0) is 4.79 Å². The topological polar surface area (TPSA) is 37.3 Å². The van der Waals surface area contributed by atoms with E-state index in [2.05, 4.69) is 6.08 Å². The Morgan fingerprint density at radius 3 is 2.44 bits per heavy atom. The summed E-state index contributed by atoms with van der Waals surface area (Å²) in [6.07, 6.45) is 13.4. The van der Waals surface area contributed by atoms with Gasteiger partial charge in [0.25, 0.3) is 0 Å². The van der Waals surface area contributed by atoms with Gasteiger partial charge in [-0.1, -0.05) is 30.1 Å². The molecule has 0 unspecified atom stereocenters. The van der Waals surface area contributed by atoms with E-state index in [1.54, 1.807) is 5.57 Å². The maximum absolute atomic E-state index is 10.4. The van der Waals surface area contributed by atoms with Crippen molar-refractivity contribution in [2.75, 3.05) is 0 Å². The quantitative estimate of drug-likeness (QED) is 0.442. The second-order valence-electron chi connectivity index (χ2n) is 4.64. The van der Waals surface area contributed by atoms with E-state index in [0.717, 1.165) is 18.4 Å². The zero-order valence-electron chi connectivity index (χ0n) is 10.2. The van der Waals surface area contributed by atoms with Gasteiger partial charge in [-0.25, -0.2) is 4.79 Å². The van der Waals surface area contributed by atoms with Crippen molar-refractivity contribution in [1.29, 1.82) is 0 Å². The first-order valence-corrected chi connectivity index (χ1v) is 6.26. The van der Waals surface area contributed by atoms with E-state index in [1.807, 2.05) is 6.92 Å². The molecule has 0 aromatic carbocycles. The summed E-state index contributed by atoms with van der Waals surface area (Å²) in [5.41, 5.74) is 2.54. The molecule has 0 heterocycles. The fourth-order valence-electron chi connectivity index (χ4n) is 2.17. The summed E-state index contributed by atoms with van der Waals surface area (Å²) in [5.74, 6) is -0.834. The van der Waals surface area contributed by atoms with Crippen LogP contribution in [0.3, 0.4) is 0 Å². The van der Waals surface area contributed by atoms with Crippen LogP contribution in [0.1, 0.15) is 58.3 Å². The molecule has 0 spiro atoms. The molecule has 1 aliphatic rings. The Hall–Kier alpha value is -1.05. The van der Waals surface area contributed by atoms with E-state index in [1.165, 1.54) is 44.6 Å². The number of allylic oxidation sites excluding steroid dienone is 3. The van der Waals surface area contributed by atoms with Crippen LogP contribution in [0.5, 0.6) is 0 Å². The second-order valence-corrected chi connectivity index (χ2v) is 4.64. The summed E-state index contributed by atoms with van der Waals surface area (Å²) in [5, 5.41) is 8.58. The maximum atomic E-state index is 10.4. The van der Waals surface area contributed by atoms with E-state index >= 15 is 0 Å². The molecule has 0 saturated heterocycles. The molecule has 1 fully saturated rings. The molecule has 2 heteroatoms. The Bertz CT molecular complexity index is 277. The number of hydrogen-bond donors (Lipinski definition) is 1. The van der Waals surface area contributed by atoms with Crippen LogP contribution < -0.4 is 0 Å². The molecule has 1 aliphatic carbocycles. The normalized spacial score (nSPS) is 18.1. The van der Waals surface area contributed by atoms with Gasteiger partial charge in [-0.05, 0) is 45.4 Å². The first kappa shape index (κ1) is 13.0. The molecule has 0 atom stereocenters. The lowest BCUT2D eigenvalue weighted by molar-refractivity contribution is -0.131. The summed E-state index contributed by atoms with van der Waals surface area (Å²) in [4.78, 5) is 10.4. The SMILES string of the molecule is C/C(=C/C(=O)O)CCC=C1CCCCCC1. The first-order valence-electron chi connectivity index (χ1n) is 6.26. The third kappa shape index (κ3) is 5.74. The zero-order chi connectivity index (χ0) is 11.8. The molecule has 1 N–H and O–H groups in total. The third-order valence-corrected chi connectivity index (χ3v) is 3.09. The summed E-state index contributed by atoms with van der Waals surface area (Å²) in [7, 11) is 0. The number of rotatable bonds is 4. The Morgan fingerprint density at radius 1 is 1.25 bits per heavy atom. The van der Waals surface area contributed by atoms with Crippen LogP contribution in [0.25, 0.3) is 0 Å². The lowest BCUT2D eigenvalue weighted by atomic mass is 10.0. The van der Waals surface area contributed by atoms with Crippen LogP contribution in [0.15, 0.2) is 23.3 Å². The van der Waals surface area contributed by atoms with Crippen LogP contribution in [0.2, 0.25) is 0 Å². The molecule has 16 heavy (non-hydrogen) atoms. The lowest BCUT2D eigenvalue weighted by Gasteiger charge is -2.02. The van der Waals surface area contributed by atoms with E-state index in [9.17, 15) is 4.79 Å². The summed E-state index contributed by atoms with van der Waals surface area (Å²) < 4.78 is 0. The van der Waals surface area contributed by atoms with Crippen LogP contribution >= 0.6 is 0 Å². The minimum absolute atomic E-state index is 0.834. The van der Waals surface area contributed by atoms with Crippen molar-refractivity contribution in [3.63, 3.8) is 0 Å². The van der Waals surface area contributed by atoms with Crippen LogP contribution in [0, 0.1) is 0 Å². The highest BCUT2D eigenvalue weighted by molar-refractivity contribution is 5.80. The standard InChI is InChI=1S/C14H22O2/c1-12(11-14(15)16)7-6-10-13-8-4-2-3-5-9-13/h10-11H,2-9H2,1H3,(H,15,16)/b12-11-. The second kappa shape index (κ2) is 7.26.